The van der Waals surface area contributed by atoms with Crippen LogP contribution in [-0.2, 0) is 6.54 Å². The quantitative estimate of drug-likeness (QED) is 0.729. The van der Waals surface area contributed by atoms with Gasteiger partial charge in [-0.3, -0.25) is 4.79 Å². The Kier molecular flexibility index (Phi) is 5.66. The van der Waals surface area contributed by atoms with E-state index < -0.39 is 0 Å². The number of benzene rings is 2. The molecular weight excluding hydrogens is 338 g/mol. The number of hydrogen-bond acceptors (Lipinski definition) is 5. The molecule has 0 spiro atoms. The fourth-order valence-electron chi connectivity index (χ4n) is 2.61. The minimum absolute atomic E-state index is 0.232. The van der Waals surface area contributed by atoms with E-state index in [0.717, 1.165) is 11.4 Å². The number of hydrogen-bond donors (Lipinski definition) is 1. The van der Waals surface area contributed by atoms with E-state index in [9.17, 15) is 4.79 Å². The summed E-state index contributed by atoms with van der Waals surface area (Å²) in [4.78, 5) is 25.0. The minimum atomic E-state index is -0.232. The number of aromatic nitrogens is 2. The Morgan fingerprint density at radius 2 is 1.56 bits per heavy atom. The first-order valence-corrected chi connectivity index (χ1v) is 8.69. The summed E-state index contributed by atoms with van der Waals surface area (Å²) in [6, 6.07) is 17.8. The Balaban J connectivity index is 1.63. The maximum Gasteiger partial charge on any atom is 0.258 e. The molecule has 0 saturated heterocycles. The highest BCUT2D eigenvalue weighted by Gasteiger charge is 2.10. The van der Waals surface area contributed by atoms with Crippen molar-refractivity contribution in [2.24, 2.45) is 0 Å². The third-order valence-electron chi connectivity index (χ3n) is 4.15. The lowest BCUT2D eigenvalue weighted by Gasteiger charge is -2.17. The predicted octanol–water partition coefficient (Wildman–Crippen LogP) is 3.43. The molecular formula is C21H23N5O. The molecule has 3 aromatic rings. The number of carbonyl (C=O) groups is 1. The average Bonchev–Trinajstić information content (AvgIpc) is 2.69. The van der Waals surface area contributed by atoms with Crippen LogP contribution in [0.5, 0.6) is 0 Å². The van der Waals surface area contributed by atoms with Gasteiger partial charge in [-0.15, -0.1) is 0 Å². The summed E-state index contributed by atoms with van der Waals surface area (Å²) in [5.74, 6) is 0.343. The van der Waals surface area contributed by atoms with E-state index >= 15 is 0 Å². The van der Waals surface area contributed by atoms with Crippen LogP contribution >= 0.6 is 0 Å². The van der Waals surface area contributed by atoms with Crippen LogP contribution in [0.3, 0.4) is 0 Å². The molecule has 0 atom stereocenters. The average molecular weight is 361 g/mol. The standard InChI is InChI=1S/C21H23N5O/c1-25(2)19-11-9-18(10-12-19)24-20(27)17-13-22-21(23-14-17)26(3)15-16-7-5-4-6-8-16/h4-14H,15H2,1-3H3,(H,24,27). The van der Waals surface area contributed by atoms with Crippen molar-refractivity contribution in [1.29, 1.82) is 0 Å². The van der Waals surface area contributed by atoms with Gasteiger partial charge in [-0.1, -0.05) is 30.3 Å². The van der Waals surface area contributed by atoms with Gasteiger partial charge >= 0.3 is 0 Å². The second-order valence-corrected chi connectivity index (χ2v) is 6.51. The lowest BCUT2D eigenvalue weighted by Crippen LogP contribution is -2.20. The highest BCUT2D eigenvalue weighted by molar-refractivity contribution is 6.03. The zero-order valence-corrected chi connectivity index (χ0v) is 15.8. The van der Waals surface area contributed by atoms with Crippen LogP contribution in [-0.4, -0.2) is 37.0 Å². The summed E-state index contributed by atoms with van der Waals surface area (Å²) in [6.07, 6.45) is 3.10. The largest absolute Gasteiger partial charge is 0.378 e. The van der Waals surface area contributed by atoms with Crippen molar-refractivity contribution in [3.05, 3.63) is 78.1 Å². The van der Waals surface area contributed by atoms with Crippen molar-refractivity contribution >= 4 is 23.2 Å². The van der Waals surface area contributed by atoms with Crippen molar-refractivity contribution in [3.63, 3.8) is 0 Å². The molecule has 138 valence electrons. The second kappa shape index (κ2) is 8.31. The third-order valence-corrected chi connectivity index (χ3v) is 4.15. The maximum absolute atomic E-state index is 12.4. The van der Waals surface area contributed by atoms with Crippen LogP contribution in [0.25, 0.3) is 0 Å². The summed E-state index contributed by atoms with van der Waals surface area (Å²) < 4.78 is 0. The summed E-state index contributed by atoms with van der Waals surface area (Å²) in [5.41, 5.74) is 3.40. The highest BCUT2D eigenvalue weighted by atomic mass is 16.1. The van der Waals surface area contributed by atoms with Crippen molar-refractivity contribution in [3.8, 4) is 0 Å². The van der Waals surface area contributed by atoms with Gasteiger partial charge in [-0.2, -0.15) is 0 Å². The topological polar surface area (TPSA) is 61.4 Å². The first-order chi connectivity index (χ1) is 13.0. The number of nitrogens with one attached hydrogen (secondary N) is 1. The summed E-state index contributed by atoms with van der Waals surface area (Å²) in [5, 5.41) is 2.86. The highest BCUT2D eigenvalue weighted by Crippen LogP contribution is 2.17. The van der Waals surface area contributed by atoms with Crippen molar-refractivity contribution in [2.45, 2.75) is 6.54 Å². The Morgan fingerprint density at radius 3 is 2.15 bits per heavy atom. The van der Waals surface area contributed by atoms with E-state index in [4.69, 9.17) is 0 Å². The molecule has 2 aromatic carbocycles. The van der Waals surface area contributed by atoms with Crippen molar-refractivity contribution < 1.29 is 4.79 Å². The van der Waals surface area contributed by atoms with Gasteiger partial charge in [-0.05, 0) is 29.8 Å². The molecule has 0 aliphatic rings. The van der Waals surface area contributed by atoms with Gasteiger partial charge in [0.05, 0.1) is 5.56 Å². The van der Waals surface area contributed by atoms with E-state index in [-0.39, 0.29) is 5.91 Å². The first-order valence-electron chi connectivity index (χ1n) is 8.69. The lowest BCUT2D eigenvalue weighted by atomic mass is 10.2. The van der Waals surface area contributed by atoms with Crippen LogP contribution in [0.1, 0.15) is 15.9 Å². The predicted molar refractivity (Wildman–Crippen MR) is 109 cm³/mol. The van der Waals surface area contributed by atoms with Gasteiger partial charge in [0, 0.05) is 51.5 Å². The number of rotatable bonds is 6. The maximum atomic E-state index is 12.4. The molecule has 0 saturated carbocycles. The Hall–Kier alpha value is -3.41. The van der Waals surface area contributed by atoms with Crippen LogP contribution in [0, 0.1) is 0 Å². The zero-order valence-electron chi connectivity index (χ0n) is 15.8. The normalized spacial score (nSPS) is 10.3. The fraction of sp³-hybridized carbons (Fsp3) is 0.190. The number of anilines is 3. The fourth-order valence-corrected chi connectivity index (χ4v) is 2.61. The van der Waals surface area contributed by atoms with Gasteiger partial charge < -0.3 is 15.1 Å². The van der Waals surface area contributed by atoms with Gasteiger partial charge in [0.2, 0.25) is 5.95 Å². The minimum Gasteiger partial charge on any atom is -0.378 e. The molecule has 6 nitrogen and oxygen atoms in total. The van der Waals surface area contributed by atoms with Crippen LogP contribution < -0.4 is 15.1 Å². The Labute approximate surface area is 159 Å². The summed E-state index contributed by atoms with van der Waals surface area (Å²) in [7, 11) is 5.87. The van der Waals surface area contributed by atoms with E-state index in [1.165, 1.54) is 5.56 Å². The third kappa shape index (κ3) is 4.82. The molecule has 0 fully saturated rings. The summed E-state index contributed by atoms with van der Waals surface area (Å²) in [6.45, 7) is 0.699. The SMILES string of the molecule is CN(C)c1ccc(NC(=O)c2cnc(N(C)Cc3ccccc3)nc2)cc1. The van der Waals surface area contributed by atoms with Crippen LogP contribution in [0.4, 0.5) is 17.3 Å². The second-order valence-electron chi connectivity index (χ2n) is 6.51. The number of amides is 1. The molecule has 1 amide bonds. The van der Waals surface area contributed by atoms with E-state index in [1.54, 1.807) is 12.4 Å². The van der Waals surface area contributed by atoms with Gasteiger partial charge in [0.15, 0.2) is 0 Å². The Bertz CT molecular complexity index is 877. The molecule has 1 heterocycles. The van der Waals surface area contributed by atoms with E-state index in [2.05, 4.69) is 27.4 Å². The van der Waals surface area contributed by atoms with Gasteiger partial charge in [0.1, 0.15) is 0 Å². The molecule has 0 bridgehead atoms. The molecule has 3 rings (SSSR count). The van der Waals surface area contributed by atoms with Gasteiger partial charge in [0.25, 0.3) is 5.91 Å². The van der Waals surface area contributed by atoms with Crippen molar-refractivity contribution in [1.82, 2.24) is 9.97 Å². The van der Waals surface area contributed by atoms with E-state index in [1.807, 2.05) is 73.4 Å². The first kappa shape index (κ1) is 18.4. The molecule has 6 heteroatoms. The van der Waals surface area contributed by atoms with Crippen LogP contribution in [0.15, 0.2) is 67.0 Å². The Morgan fingerprint density at radius 1 is 0.926 bits per heavy atom. The monoisotopic (exact) mass is 361 g/mol. The zero-order chi connectivity index (χ0) is 19.2. The van der Waals surface area contributed by atoms with Crippen molar-refractivity contribution in [2.75, 3.05) is 36.3 Å². The lowest BCUT2D eigenvalue weighted by molar-refractivity contribution is 0.102. The smallest absolute Gasteiger partial charge is 0.258 e. The number of nitrogens with zero attached hydrogens (tertiary/aromatic N) is 4. The molecule has 1 aromatic heterocycles. The number of carbonyl (C=O) groups excluding carboxylic acids is 1. The molecule has 1 N–H and O–H groups in total. The molecule has 27 heavy (non-hydrogen) atoms. The van der Waals surface area contributed by atoms with Gasteiger partial charge in [-0.25, -0.2) is 9.97 Å². The van der Waals surface area contributed by atoms with Crippen LogP contribution in [0.2, 0.25) is 0 Å². The molecule has 0 radical (unpaired) electrons. The summed E-state index contributed by atoms with van der Waals surface area (Å²) >= 11 is 0. The molecule has 0 unspecified atom stereocenters. The van der Waals surface area contributed by atoms with E-state index in [0.29, 0.717) is 18.1 Å². The molecule has 0 aliphatic heterocycles. The molecule has 0 aliphatic carbocycles.